The van der Waals surface area contributed by atoms with Gasteiger partial charge in [-0.05, 0) is 55.4 Å². The molecule has 41 heavy (non-hydrogen) atoms. The molecule has 224 valence electrons. The van der Waals surface area contributed by atoms with Crippen molar-refractivity contribution < 1.29 is 29.0 Å². The summed E-state index contributed by atoms with van der Waals surface area (Å²) in [4.78, 5) is 42.2. The summed E-state index contributed by atoms with van der Waals surface area (Å²) in [5.74, 6) is -0.223. The van der Waals surface area contributed by atoms with Crippen molar-refractivity contribution >= 4 is 17.8 Å². The number of rotatable bonds is 15. The van der Waals surface area contributed by atoms with Crippen molar-refractivity contribution in [2.45, 2.75) is 63.3 Å². The molecule has 2 aromatic rings. The smallest absolute Gasteiger partial charge is 0.319 e. The predicted molar refractivity (Wildman–Crippen MR) is 156 cm³/mol. The molecule has 10 heteroatoms. The van der Waals surface area contributed by atoms with Crippen LogP contribution in [0.4, 0.5) is 0 Å². The van der Waals surface area contributed by atoms with Gasteiger partial charge in [0.05, 0.1) is 32.9 Å². The molecular formula is C31H44N4O6. The summed E-state index contributed by atoms with van der Waals surface area (Å²) in [6, 6.07) is 15.5. The second-order valence-corrected chi connectivity index (χ2v) is 10.5. The van der Waals surface area contributed by atoms with Crippen molar-refractivity contribution in [1.29, 1.82) is 0 Å². The fourth-order valence-electron chi connectivity index (χ4n) is 4.99. The van der Waals surface area contributed by atoms with Gasteiger partial charge in [-0.15, -0.1) is 0 Å². The molecule has 3 rings (SSSR count). The van der Waals surface area contributed by atoms with Crippen LogP contribution in [0.2, 0.25) is 0 Å². The van der Waals surface area contributed by atoms with Crippen molar-refractivity contribution in [2.24, 2.45) is 5.73 Å². The van der Waals surface area contributed by atoms with Crippen LogP contribution in [0.1, 0.15) is 43.2 Å². The normalized spacial score (nSPS) is 15.5. The van der Waals surface area contributed by atoms with Gasteiger partial charge >= 0.3 is 5.97 Å². The third-order valence-corrected chi connectivity index (χ3v) is 7.41. The average Bonchev–Trinajstić information content (AvgIpc) is 3.01. The molecule has 0 bridgehead atoms. The molecule has 10 nitrogen and oxygen atoms in total. The molecule has 0 saturated carbocycles. The van der Waals surface area contributed by atoms with Crippen molar-refractivity contribution in [1.82, 2.24) is 15.1 Å². The van der Waals surface area contributed by atoms with E-state index >= 15 is 0 Å². The van der Waals surface area contributed by atoms with E-state index in [1.807, 2.05) is 59.5 Å². The molecule has 0 radical (unpaired) electrons. The van der Waals surface area contributed by atoms with Gasteiger partial charge in [-0.3, -0.25) is 19.7 Å². The number of nitrogens with zero attached hydrogens (tertiary/aromatic N) is 2. The number of hydrogen-bond donors (Lipinski definition) is 3. The molecule has 2 amide bonds. The van der Waals surface area contributed by atoms with Gasteiger partial charge in [-0.2, -0.15) is 0 Å². The van der Waals surface area contributed by atoms with E-state index in [1.165, 1.54) is 12.0 Å². The van der Waals surface area contributed by atoms with Crippen LogP contribution in [0.25, 0.3) is 0 Å². The number of benzene rings is 2. The Bertz CT molecular complexity index is 1110. The Morgan fingerprint density at radius 1 is 1.02 bits per heavy atom. The highest BCUT2D eigenvalue weighted by Crippen LogP contribution is 2.18. The molecule has 1 aliphatic heterocycles. The van der Waals surface area contributed by atoms with Crippen LogP contribution in [-0.4, -0.2) is 91.3 Å². The summed E-state index contributed by atoms with van der Waals surface area (Å²) < 4.78 is 10.1. The highest BCUT2D eigenvalue weighted by atomic mass is 16.5. The quantitative estimate of drug-likeness (QED) is 0.277. The number of aliphatic hydroxyl groups is 1. The van der Waals surface area contributed by atoms with E-state index in [2.05, 4.69) is 5.32 Å². The number of piperidine rings is 1. The number of ether oxygens (including phenoxy) is 2. The molecule has 0 spiro atoms. The Morgan fingerprint density at radius 3 is 2.41 bits per heavy atom. The molecular weight excluding hydrogens is 524 g/mol. The van der Waals surface area contributed by atoms with Crippen LogP contribution in [0, 0.1) is 0 Å². The standard InChI is InChI=1S/C31H44N4O6/c1-40-25-13-9-12-24(18-25)21-35(22-28(36)26(32)19-23-10-5-3-6-11-23)31(39)27(33-20-30(38)41-2)14-15-29(37)34-16-7-4-8-17-34/h3,5-6,9-13,18,26-28,33,36H,4,7-8,14-17,19-22,32H2,1-2H3/t26-,27-,28+/m0/s1. The third kappa shape index (κ3) is 10.5. The number of hydrogen-bond acceptors (Lipinski definition) is 8. The van der Waals surface area contributed by atoms with Crippen LogP contribution in [0.3, 0.4) is 0 Å². The molecule has 2 aromatic carbocycles. The van der Waals surface area contributed by atoms with Crippen LogP contribution >= 0.6 is 0 Å². The minimum absolute atomic E-state index is 0.00775. The maximum absolute atomic E-state index is 14.0. The maximum atomic E-state index is 14.0. The van der Waals surface area contributed by atoms with Crippen LogP contribution < -0.4 is 15.8 Å². The summed E-state index contributed by atoms with van der Waals surface area (Å²) >= 11 is 0. The number of carbonyl (C=O) groups is 3. The number of nitrogens with two attached hydrogens (primary N) is 1. The molecule has 1 saturated heterocycles. The van der Waals surface area contributed by atoms with Crippen molar-refractivity contribution in [2.75, 3.05) is 40.4 Å². The first kappa shape index (κ1) is 32.0. The van der Waals surface area contributed by atoms with E-state index < -0.39 is 24.2 Å². The summed E-state index contributed by atoms with van der Waals surface area (Å²) in [5.41, 5.74) is 8.16. The van der Waals surface area contributed by atoms with Gasteiger partial charge in [0, 0.05) is 38.6 Å². The zero-order valence-electron chi connectivity index (χ0n) is 24.2. The van der Waals surface area contributed by atoms with E-state index in [0.29, 0.717) is 12.2 Å². The molecule has 4 N–H and O–H groups in total. The maximum Gasteiger partial charge on any atom is 0.319 e. The Kier molecular flexibility index (Phi) is 13.1. The van der Waals surface area contributed by atoms with Crippen LogP contribution in [0.5, 0.6) is 5.75 Å². The Labute approximate surface area is 242 Å². The highest BCUT2D eigenvalue weighted by molar-refractivity contribution is 5.84. The summed E-state index contributed by atoms with van der Waals surface area (Å²) in [7, 11) is 2.85. The van der Waals surface area contributed by atoms with Gasteiger partial charge in [0.15, 0.2) is 0 Å². The van der Waals surface area contributed by atoms with Gasteiger partial charge < -0.3 is 30.1 Å². The fraction of sp³-hybridized carbons (Fsp3) is 0.516. The Hall–Kier alpha value is -3.47. The zero-order valence-corrected chi connectivity index (χ0v) is 24.2. The zero-order chi connectivity index (χ0) is 29.6. The van der Waals surface area contributed by atoms with Crippen LogP contribution in [0.15, 0.2) is 54.6 Å². The van der Waals surface area contributed by atoms with Gasteiger partial charge in [0.1, 0.15) is 5.75 Å². The number of esters is 1. The highest BCUT2D eigenvalue weighted by Gasteiger charge is 2.30. The van der Waals surface area contributed by atoms with E-state index in [-0.39, 0.29) is 44.3 Å². The minimum atomic E-state index is -1.01. The number of nitrogens with one attached hydrogen (secondary N) is 1. The van der Waals surface area contributed by atoms with Crippen molar-refractivity contribution in [3.05, 3.63) is 65.7 Å². The SMILES string of the molecule is COC(=O)CN[C@@H](CCC(=O)N1CCCCC1)C(=O)N(Cc1cccc(OC)c1)C[C@@H](O)[C@@H](N)Cc1ccccc1. The van der Waals surface area contributed by atoms with Gasteiger partial charge in [0.25, 0.3) is 0 Å². The molecule has 3 atom stereocenters. The molecule has 1 heterocycles. The lowest BCUT2D eigenvalue weighted by Gasteiger charge is -2.32. The Morgan fingerprint density at radius 2 is 1.73 bits per heavy atom. The fourth-order valence-corrected chi connectivity index (χ4v) is 4.99. The van der Waals surface area contributed by atoms with E-state index in [4.69, 9.17) is 15.2 Å². The number of aliphatic hydroxyl groups excluding tert-OH is 1. The number of amides is 2. The monoisotopic (exact) mass is 568 g/mol. The molecule has 1 fully saturated rings. The largest absolute Gasteiger partial charge is 0.497 e. The summed E-state index contributed by atoms with van der Waals surface area (Å²) in [5, 5.41) is 14.1. The lowest BCUT2D eigenvalue weighted by Crippen LogP contribution is -2.52. The lowest BCUT2D eigenvalue weighted by molar-refractivity contribution is -0.140. The summed E-state index contributed by atoms with van der Waals surface area (Å²) in [6.07, 6.45) is 2.85. The van der Waals surface area contributed by atoms with E-state index in [9.17, 15) is 19.5 Å². The Balaban J connectivity index is 1.79. The first-order valence-electron chi connectivity index (χ1n) is 14.3. The van der Waals surface area contributed by atoms with Gasteiger partial charge in [-0.25, -0.2) is 0 Å². The molecule has 0 unspecified atom stereocenters. The lowest BCUT2D eigenvalue weighted by atomic mass is 10.0. The van der Waals surface area contributed by atoms with Gasteiger partial charge in [0.2, 0.25) is 11.8 Å². The van der Waals surface area contributed by atoms with Crippen LogP contribution in [-0.2, 0) is 32.1 Å². The molecule has 1 aliphatic rings. The third-order valence-electron chi connectivity index (χ3n) is 7.41. The topological polar surface area (TPSA) is 134 Å². The minimum Gasteiger partial charge on any atom is -0.497 e. The first-order valence-corrected chi connectivity index (χ1v) is 14.3. The number of methoxy groups -OCH3 is 2. The van der Waals surface area contributed by atoms with Crippen molar-refractivity contribution in [3.63, 3.8) is 0 Å². The molecule has 0 aromatic heterocycles. The summed E-state index contributed by atoms with van der Waals surface area (Å²) in [6.45, 7) is 1.41. The second-order valence-electron chi connectivity index (χ2n) is 10.5. The van der Waals surface area contributed by atoms with E-state index in [1.54, 1.807) is 7.11 Å². The first-order chi connectivity index (χ1) is 19.8. The predicted octanol–water partition coefficient (Wildman–Crippen LogP) is 1.88. The second kappa shape index (κ2) is 16.7. The van der Waals surface area contributed by atoms with Gasteiger partial charge in [-0.1, -0.05) is 42.5 Å². The number of likely N-dealkylation sites (tertiary alicyclic amines) is 1. The average molecular weight is 569 g/mol. The number of carbonyl (C=O) groups excluding carboxylic acids is 3. The molecule has 0 aliphatic carbocycles. The van der Waals surface area contributed by atoms with Crippen molar-refractivity contribution in [3.8, 4) is 5.75 Å². The van der Waals surface area contributed by atoms with E-state index in [0.717, 1.165) is 43.5 Å².